The number of nitrogens with zero attached hydrogens (tertiary/aromatic N) is 1. The molecule has 0 bridgehead atoms. The van der Waals surface area contributed by atoms with E-state index in [2.05, 4.69) is 0 Å². The van der Waals surface area contributed by atoms with Crippen LogP contribution in [0.5, 0.6) is 0 Å². The number of hydrogen-bond donors (Lipinski definition) is 1. The lowest BCUT2D eigenvalue weighted by Crippen LogP contribution is -2.43. The van der Waals surface area contributed by atoms with Crippen molar-refractivity contribution >= 4 is 5.91 Å². The Hall–Kier alpha value is -1.56. The first kappa shape index (κ1) is 14.8. The number of fused-ring (bicyclic) bond motifs is 1. The summed E-state index contributed by atoms with van der Waals surface area (Å²) in [6.07, 6.45) is -3.08. The van der Waals surface area contributed by atoms with Crippen LogP contribution in [-0.2, 0) is 24.2 Å². The van der Waals surface area contributed by atoms with E-state index in [0.717, 1.165) is 21.6 Å². The topological polar surface area (TPSA) is 40.5 Å². The molecule has 6 heteroatoms. The molecule has 1 heterocycles. The van der Waals surface area contributed by atoms with Gasteiger partial charge in [-0.1, -0.05) is 18.2 Å². The van der Waals surface area contributed by atoms with Crippen LogP contribution < -0.4 is 0 Å². The number of carbonyl (C=O) groups is 1. The zero-order valence-electron chi connectivity index (χ0n) is 10.9. The molecule has 0 saturated carbocycles. The normalized spacial score (nSPS) is 15.1. The molecule has 0 atom stereocenters. The second kappa shape index (κ2) is 5.83. The van der Waals surface area contributed by atoms with E-state index in [1.54, 1.807) is 0 Å². The summed E-state index contributed by atoms with van der Waals surface area (Å²) in [5.74, 6) is -1.77. The molecule has 0 fully saturated rings. The number of carbonyl (C=O) groups excluding carboxylic acids is 1. The Bertz CT molecular complexity index is 500. The van der Waals surface area contributed by atoms with Crippen LogP contribution in [0.2, 0.25) is 0 Å². The fourth-order valence-electron chi connectivity index (χ4n) is 2.40. The number of alkyl halides is 3. The number of rotatable bonds is 3. The first-order valence-electron chi connectivity index (χ1n) is 6.49. The molecular formula is C14H16F3NO2. The average Bonchev–Trinajstić information content (AvgIpc) is 2.42. The molecule has 0 saturated heterocycles. The fourth-order valence-corrected chi connectivity index (χ4v) is 2.40. The van der Waals surface area contributed by atoms with E-state index in [1.165, 1.54) is 0 Å². The van der Waals surface area contributed by atoms with Gasteiger partial charge in [-0.15, -0.1) is 0 Å². The Morgan fingerprint density at radius 2 is 2.05 bits per heavy atom. The maximum absolute atomic E-state index is 12.4. The van der Waals surface area contributed by atoms with Crippen molar-refractivity contribution in [3.63, 3.8) is 0 Å². The Morgan fingerprint density at radius 1 is 1.30 bits per heavy atom. The summed E-state index contributed by atoms with van der Waals surface area (Å²) in [6.45, 7) is 0.178. The molecule has 1 aromatic rings. The molecule has 1 aromatic carbocycles. The number of hydrogen-bond acceptors (Lipinski definition) is 2. The second-order valence-corrected chi connectivity index (χ2v) is 4.90. The Morgan fingerprint density at radius 3 is 2.70 bits per heavy atom. The molecule has 0 radical (unpaired) electrons. The van der Waals surface area contributed by atoms with Crippen LogP contribution in [0, 0.1) is 0 Å². The Balaban J connectivity index is 2.13. The summed E-state index contributed by atoms with van der Waals surface area (Å²) >= 11 is 0. The van der Waals surface area contributed by atoms with E-state index in [4.69, 9.17) is 5.11 Å². The summed E-state index contributed by atoms with van der Waals surface area (Å²) in [5.41, 5.74) is 2.73. The van der Waals surface area contributed by atoms with Gasteiger partial charge in [0.15, 0.2) is 0 Å². The van der Waals surface area contributed by atoms with Crippen molar-refractivity contribution in [2.75, 3.05) is 13.2 Å². The van der Waals surface area contributed by atoms with Crippen molar-refractivity contribution in [1.29, 1.82) is 0 Å². The molecule has 1 aliphatic heterocycles. The van der Waals surface area contributed by atoms with Gasteiger partial charge in [0.05, 0.1) is 0 Å². The first-order valence-corrected chi connectivity index (χ1v) is 6.49. The molecule has 20 heavy (non-hydrogen) atoms. The van der Waals surface area contributed by atoms with Crippen LogP contribution in [-0.4, -0.2) is 35.2 Å². The molecule has 3 nitrogen and oxygen atoms in total. The highest BCUT2D eigenvalue weighted by atomic mass is 19.4. The molecule has 0 aromatic heterocycles. The molecule has 1 N–H and O–H groups in total. The summed E-state index contributed by atoms with van der Waals surface area (Å²) in [6, 6.07) is 5.66. The van der Waals surface area contributed by atoms with Gasteiger partial charge < -0.3 is 10.0 Å². The smallest absolute Gasteiger partial charge is 0.396 e. The number of aliphatic hydroxyl groups excluding tert-OH is 1. The zero-order valence-corrected chi connectivity index (χ0v) is 10.9. The lowest BCUT2D eigenvalue weighted by molar-refractivity contribution is -0.186. The first-order chi connectivity index (χ1) is 9.41. The maximum Gasteiger partial charge on any atom is 0.471 e. The highest BCUT2D eigenvalue weighted by molar-refractivity contribution is 5.82. The number of amides is 1. The molecule has 0 unspecified atom stereocenters. The van der Waals surface area contributed by atoms with E-state index in [0.29, 0.717) is 19.3 Å². The highest BCUT2D eigenvalue weighted by Gasteiger charge is 2.43. The van der Waals surface area contributed by atoms with Gasteiger partial charge in [-0.3, -0.25) is 4.79 Å². The van der Waals surface area contributed by atoms with Crippen LogP contribution in [0.3, 0.4) is 0 Å². The van der Waals surface area contributed by atoms with Crippen molar-refractivity contribution in [3.8, 4) is 0 Å². The predicted octanol–water partition coefficient (Wildman–Crippen LogP) is 2.06. The van der Waals surface area contributed by atoms with Gasteiger partial charge in [0.25, 0.3) is 0 Å². The minimum atomic E-state index is -4.81. The van der Waals surface area contributed by atoms with E-state index < -0.39 is 12.1 Å². The monoisotopic (exact) mass is 287 g/mol. The van der Waals surface area contributed by atoms with E-state index in [1.807, 2.05) is 18.2 Å². The van der Waals surface area contributed by atoms with Crippen LogP contribution in [0.1, 0.15) is 23.1 Å². The number of aliphatic hydroxyl groups is 1. The summed E-state index contributed by atoms with van der Waals surface area (Å²) in [7, 11) is 0. The van der Waals surface area contributed by atoms with Crippen LogP contribution in [0.15, 0.2) is 18.2 Å². The second-order valence-electron chi connectivity index (χ2n) is 4.90. The summed E-state index contributed by atoms with van der Waals surface area (Å²) in [5, 5.41) is 8.79. The van der Waals surface area contributed by atoms with Gasteiger partial charge in [-0.05, 0) is 36.0 Å². The average molecular weight is 287 g/mol. The van der Waals surface area contributed by atoms with Crippen LogP contribution >= 0.6 is 0 Å². The van der Waals surface area contributed by atoms with E-state index in [-0.39, 0.29) is 19.7 Å². The molecule has 0 spiro atoms. The number of halogens is 3. The summed E-state index contributed by atoms with van der Waals surface area (Å²) < 4.78 is 37.3. The van der Waals surface area contributed by atoms with E-state index in [9.17, 15) is 18.0 Å². The quantitative estimate of drug-likeness (QED) is 0.924. The fraction of sp³-hybridized carbons (Fsp3) is 0.500. The largest absolute Gasteiger partial charge is 0.471 e. The zero-order chi connectivity index (χ0) is 14.8. The number of benzene rings is 1. The third-order valence-electron chi connectivity index (χ3n) is 3.44. The van der Waals surface area contributed by atoms with Crippen molar-refractivity contribution in [2.24, 2.45) is 0 Å². The highest BCUT2D eigenvalue weighted by Crippen LogP contribution is 2.25. The molecule has 2 rings (SSSR count). The van der Waals surface area contributed by atoms with E-state index >= 15 is 0 Å². The van der Waals surface area contributed by atoms with Gasteiger partial charge in [-0.2, -0.15) is 13.2 Å². The van der Waals surface area contributed by atoms with Gasteiger partial charge in [0, 0.05) is 19.7 Å². The van der Waals surface area contributed by atoms with Gasteiger partial charge >= 0.3 is 12.1 Å². The third kappa shape index (κ3) is 3.30. The number of aryl methyl sites for hydroxylation is 1. The van der Waals surface area contributed by atoms with Crippen LogP contribution in [0.4, 0.5) is 13.2 Å². The lowest BCUT2D eigenvalue weighted by atomic mass is 9.96. The minimum absolute atomic E-state index is 0.000637. The van der Waals surface area contributed by atoms with Crippen molar-refractivity contribution in [2.45, 2.75) is 32.0 Å². The maximum atomic E-state index is 12.4. The molecule has 1 amide bonds. The van der Waals surface area contributed by atoms with Crippen molar-refractivity contribution in [3.05, 3.63) is 34.9 Å². The minimum Gasteiger partial charge on any atom is -0.396 e. The van der Waals surface area contributed by atoms with Crippen molar-refractivity contribution < 1.29 is 23.1 Å². The predicted molar refractivity (Wildman–Crippen MR) is 67.0 cm³/mol. The molecule has 0 aliphatic carbocycles. The van der Waals surface area contributed by atoms with Crippen LogP contribution in [0.25, 0.3) is 0 Å². The molecular weight excluding hydrogens is 271 g/mol. The van der Waals surface area contributed by atoms with Gasteiger partial charge in [0.2, 0.25) is 0 Å². The Kier molecular flexibility index (Phi) is 4.32. The SMILES string of the molecule is O=C(N1CCc2ccc(CCCO)cc2C1)C(F)(F)F. The van der Waals surface area contributed by atoms with Gasteiger partial charge in [-0.25, -0.2) is 0 Å². The standard InChI is InChI=1S/C14H16F3NO2/c15-14(16,17)13(20)18-6-5-11-4-3-10(2-1-7-19)8-12(11)9-18/h3-4,8,19H,1-2,5-7,9H2. The van der Waals surface area contributed by atoms with Gasteiger partial charge in [0.1, 0.15) is 0 Å². The molecule has 110 valence electrons. The lowest BCUT2D eigenvalue weighted by Gasteiger charge is -2.29. The summed E-state index contributed by atoms with van der Waals surface area (Å²) in [4.78, 5) is 12.1. The molecule has 1 aliphatic rings. The van der Waals surface area contributed by atoms with Crippen molar-refractivity contribution in [1.82, 2.24) is 4.90 Å². The Labute approximate surface area is 115 Å². The third-order valence-corrected chi connectivity index (χ3v) is 3.44.